The molecular weight excluding hydrogens is 279 g/mol. The molecule has 21 heavy (non-hydrogen) atoms. The smallest absolute Gasteiger partial charge is 0.338 e. The molecule has 0 fully saturated rings. The van der Waals surface area contributed by atoms with Crippen LogP contribution in [0, 0.1) is 15.9 Å². The van der Waals surface area contributed by atoms with Gasteiger partial charge < -0.3 is 10.4 Å². The molecule has 0 unspecified atom stereocenters. The van der Waals surface area contributed by atoms with Crippen molar-refractivity contribution in [2.75, 3.05) is 5.32 Å². The molecule has 0 atom stereocenters. The summed E-state index contributed by atoms with van der Waals surface area (Å²) in [6, 6.07) is 1.64. The van der Waals surface area contributed by atoms with Gasteiger partial charge in [-0.25, -0.2) is 9.18 Å². The van der Waals surface area contributed by atoms with Crippen molar-refractivity contribution in [2.24, 2.45) is 0 Å². The third-order valence-corrected chi connectivity index (χ3v) is 3.94. The van der Waals surface area contributed by atoms with Crippen LogP contribution in [0.3, 0.4) is 0 Å². The van der Waals surface area contributed by atoms with Crippen LogP contribution in [-0.4, -0.2) is 21.5 Å². The number of carbonyl (C=O) groups is 1. The van der Waals surface area contributed by atoms with Gasteiger partial charge in [-0.15, -0.1) is 0 Å². The Bertz CT molecular complexity index is 548. The number of rotatable bonds is 7. The Morgan fingerprint density at radius 2 is 1.86 bits per heavy atom. The zero-order valence-corrected chi connectivity index (χ0v) is 12.3. The molecule has 0 saturated heterocycles. The number of benzene rings is 1. The van der Waals surface area contributed by atoms with Gasteiger partial charge in [0.25, 0.3) is 5.69 Å². The Kier molecular flexibility index (Phi) is 5.23. The highest BCUT2D eigenvalue weighted by Gasteiger charge is 2.29. The minimum Gasteiger partial charge on any atom is -0.478 e. The fraction of sp³-hybridized carbons (Fsp3) is 0.500. The molecular formula is C14H19FN2O4. The van der Waals surface area contributed by atoms with Crippen LogP contribution in [0.25, 0.3) is 0 Å². The van der Waals surface area contributed by atoms with Crippen LogP contribution >= 0.6 is 0 Å². The van der Waals surface area contributed by atoms with Crippen molar-refractivity contribution in [1.82, 2.24) is 0 Å². The number of halogens is 1. The van der Waals surface area contributed by atoms with Crippen LogP contribution in [-0.2, 0) is 0 Å². The maximum absolute atomic E-state index is 13.6. The molecule has 0 amide bonds. The lowest BCUT2D eigenvalue weighted by Crippen LogP contribution is -2.36. The predicted molar refractivity (Wildman–Crippen MR) is 77.2 cm³/mol. The van der Waals surface area contributed by atoms with Crippen molar-refractivity contribution in [3.05, 3.63) is 33.6 Å². The largest absolute Gasteiger partial charge is 0.478 e. The molecule has 0 aliphatic heterocycles. The Balaban J connectivity index is 3.41. The second kappa shape index (κ2) is 6.51. The first-order chi connectivity index (χ1) is 9.80. The van der Waals surface area contributed by atoms with Gasteiger partial charge in [-0.05, 0) is 25.3 Å². The monoisotopic (exact) mass is 298 g/mol. The molecule has 6 nitrogen and oxygen atoms in total. The number of carboxylic acid groups (broad SMARTS) is 1. The first-order valence-electron chi connectivity index (χ1n) is 6.79. The van der Waals surface area contributed by atoms with E-state index in [1.165, 1.54) is 0 Å². The number of nitro benzene ring substituents is 1. The van der Waals surface area contributed by atoms with Gasteiger partial charge in [-0.3, -0.25) is 10.1 Å². The molecule has 0 heterocycles. The molecule has 0 aliphatic carbocycles. The van der Waals surface area contributed by atoms with Crippen molar-refractivity contribution in [3.8, 4) is 0 Å². The van der Waals surface area contributed by atoms with Crippen LogP contribution in [0.15, 0.2) is 12.1 Å². The van der Waals surface area contributed by atoms with Gasteiger partial charge in [0.2, 0.25) is 0 Å². The van der Waals surface area contributed by atoms with E-state index in [1.807, 2.05) is 20.8 Å². The van der Waals surface area contributed by atoms with Crippen LogP contribution < -0.4 is 5.32 Å². The minimum absolute atomic E-state index is 0.0318. The van der Waals surface area contributed by atoms with Crippen molar-refractivity contribution < 1.29 is 19.2 Å². The summed E-state index contributed by atoms with van der Waals surface area (Å²) in [7, 11) is 0. The normalized spacial score (nSPS) is 11.2. The standard InChI is InChI=1S/C14H19FN2O4/c1-4-14(5-2,6-3)16-11-7-9(13(18)19)10(15)8-12(11)17(20)21/h7-8,16H,4-6H2,1-3H3,(H,18,19). The summed E-state index contributed by atoms with van der Waals surface area (Å²) in [4.78, 5) is 21.3. The van der Waals surface area contributed by atoms with E-state index in [1.54, 1.807) is 0 Å². The lowest BCUT2D eigenvalue weighted by atomic mass is 9.89. The number of nitro groups is 1. The van der Waals surface area contributed by atoms with Crippen molar-refractivity contribution in [1.29, 1.82) is 0 Å². The Hall–Kier alpha value is -2.18. The van der Waals surface area contributed by atoms with Gasteiger partial charge in [0, 0.05) is 5.54 Å². The van der Waals surface area contributed by atoms with Gasteiger partial charge >= 0.3 is 5.97 Å². The second-order valence-corrected chi connectivity index (χ2v) is 4.88. The highest BCUT2D eigenvalue weighted by Crippen LogP contribution is 2.33. The van der Waals surface area contributed by atoms with E-state index in [9.17, 15) is 19.3 Å². The molecule has 1 aromatic carbocycles. The molecule has 7 heteroatoms. The summed E-state index contributed by atoms with van der Waals surface area (Å²) in [5, 5.41) is 23.1. The first kappa shape index (κ1) is 16.9. The topological polar surface area (TPSA) is 92.5 Å². The number of hydrogen-bond acceptors (Lipinski definition) is 4. The highest BCUT2D eigenvalue weighted by atomic mass is 19.1. The maximum Gasteiger partial charge on any atom is 0.338 e. The van der Waals surface area contributed by atoms with E-state index in [0.29, 0.717) is 25.3 Å². The van der Waals surface area contributed by atoms with Gasteiger partial charge in [0.1, 0.15) is 11.5 Å². The van der Waals surface area contributed by atoms with Crippen molar-refractivity contribution in [3.63, 3.8) is 0 Å². The summed E-state index contributed by atoms with van der Waals surface area (Å²) in [5.74, 6) is -2.57. The van der Waals surface area contributed by atoms with E-state index < -0.39 is 33.5 Å². The molecule has 0 spiro atoms. The number of aromatic carboxylic acids is 1. The molecule has 0 saturated carbocycles. The van der Waals surface area contributed by atoms with Crippen molar-refractivity contribution >= 4 is 17.3 Å². The van der Waals surface area contributed by atoms with E-state index in [4.69, 9.17) is 5.11 Å². The van der Waals surface area contributed by atoms with Crippen LogP contribution in [0.4, 0.5) is 15.8 Å². The molecule has 0 aliphatic rings. The van der Waals surface area contributed by atoms with Crippen molar-refractivity contribution in [2.45, 2.75) is 45.6 Å². The third kappa shape index (κ3) is 3.48. The lowest BCUT2D eigenvalue weighted by Gasteiger charge is -2.32. The van der Waals surface area contributed by atoms with Crippen LogP contribution in [0.5, 0.6) is 0 Å². The molecule has 116 valence electrons. The summed E-state index contributed by atoms with van der Waals surface area (Å²) in [5.41, 5.74) is -1.40. The third-order valence-electron chi connectivity index (χ3n) is 3.94. The number of carboxylic acids is 1. The second-order valence-electron chi connectivity index (χ2n) is 4.88. The SMILES string of the molecule is CCC(CC)(CC)Nc1cc(C(=O)O)c(F)cc1[N+](=O)[O-]. The van der Waals surface area contributed by atoms with E-state index in [0.717, 1.165) is 6.07 Å². The zero-order valence-electron chi connectivity index (χ0n) is 12.3. The number of nitrogens with zero attached hydrogens (tertiary/aromatic N) is 1. The molecule has 2 N–H and O–H groups in total. The maximum atomic E-state index is 13.6. The zero-order chi connectivity index (χ0) is 16.2. The fourth-order valence-corrected chi connectivity index (χ4v) is 2.28. The molecule has 1 aromatic rings. The summed E-state index contributed by atoms with van der Waals surface area (Å²) < 4.78 is 13.6. The van der Waals surface area contributed by atoms with Gasteiger partial charge in [-0.2, -0.15) is 0 Å². The van der Waals surface area contributed by atoms with Crippen LogP contribution in [0.1, 0.15) is 50.4 Å². The van der Waals surface area contributed by atoms with E-state index in [-0.39, 0.29) is 5.69 Å². The average Bonchev–Trinajstić information content (AvgIpc) is 2.45. The number of nitrogens with one attached hydrogen (secondary N) is 1. The van der Waals surface area contributed by atoms with Gasteiger partial charge in [-0.1, -0.05) is 20.8 Å². The summed E-state index contributed by atoms with van der Waals surface area (Å²) >= 11 is 0. The predicted octanol–water partition coefficient (Wildman–Crippen LogP) is 3.81. The first-order valence-corrected chi connectivity index (χ1v) is 6.79. The molecule has 0 bridgehead atoms. The highest BCUT2D eigenvalue weighted by molar-refractivity contribution is 5.90. The lowest BCUT2D eigenvalue weighted by molar-refractivity contribution is -0.384. The molecule has 0 aromatic heterocycles. The Labute approximate surface area is 122 Å². The minimum atomic E-state index is -1.46. The number of anilines is 1. The molecule has 1 rings (SSSR count). The van der Waals surface area contributed by atoms with Gasteiger partial charge in [0.05, 0.1) is 16.6 Å². The summed E-state index contributed by atoms with van der Waals surface area (Å²) in [6.07, 6.45) is 2.12. The van der Waals surface area contributed by atoms with E-state index >= 15 is 0 Å². The van der Waals surface area contributed by atoms with E-state index in [2.05, 4.69) is 5.32 Å². The quantitative estimate of drug-likeness (QED) is 0.589. The average molecular weight is 298 g/mol. The fourth-order valence-electron chi connectivity index (χ4n) is 2.28. The molecule has 0 radical (unpaired) electrons. The number of hydrogen-bond donors (Lipinski definition) is 2. The Morgan fingerprint density at radius 1 is 1.33 bits per heavy atom. The van der Waals surface area contributed by atoms with Gasteiger partial charge in [0.15, 0.2) is 0 Å². The summed E-state index contributed by atoms with van der Waals surface area (Å²) in [6.45, 7) is 5.81. The van der Waals surface area contributed by atoms with Crippen LogP contribution in [0.2, 0.25) is 0 Å². The Morgan fingerprint density at radius 3 is 2.24 bits per heavy atom.